The summed E-state index contributed by atoms with van der Waals surface area (Å²) in [7, 11) is 0. The first-order valence-electron chi connectivity index (χ1n) is 8.08. The molecule has 0 spiro atoms. The van der Waals surface area contributed by atoms with Crippen LogP contribution in [-0.2, 0) is 19.1 Å². The third kappa shape index (κ3) is 4.93. The van der Waals surface area contributed by atoms with Crippen LogP contribution in [0, 0.1) is 0 Å². The molecule has 0 unspecified atom stereocenters. The van der Waals surface area contributed by atoms with Crippen LogP contribution in [0.1, 0.15) is 13.8 Å². The summed E-state index contributed by atoms with van der Waals surface area (Å²) in [6.07, 6.45) is -0.00372. The van der Waals surface area contributed by atoms with E-state index in [9.17, 15) is 9.59 Å². The Kier molecular flexibility index (Phi) is 5.93. The first kappa shape index (κ1) is 18.2. The molecule has 8 heteroatoms. The van der Waals surface area contributed by atoms with Crippen molar-refractivity contribution in [3.05, 3.63) is 24.3 Å². The number of thioether (sulfide) groups is 1. The Morgan fingerprint density at radius 3 is 2.76 bits per heavy atom. The molecule has 2 atom stereocenters. The van der Waals surface area contributed by atoms with Gasteiger partial charge < -0.3 is 14.4 Å². The lowest BCUT2D eigenvalue weighted by Crippen LogP contribution is -2.49. The van der Waals surface area contributed by atoms with Gasteiger partial charge in [0.05, 0.1) is 28.2 Å². The molecule has 0 N–H and O–H groups in total. The van der Waals surface area contributed by atoms with E-state index in [1.54, 1.807) is 16.2 Å². The molecule has 0 saturated carbocycles. The van der Waals surface area contributed by atoms with Crippen molar-refractivity contribution >= 4 is 45.2 Å². The topological polar surface area (TPSA) is 68.7 Å². The maximum Gasteiger partial charge on any atom is 0.316 e. The minimum Gasteiger partial charge on any atom is -0.455 e. The van der Waals surface area contributed by atoms with Crippen molar-refractivity contribution in [1.29, 1.82) is 0 Å². The monoisotopic (exact) mass is 380 g/mol. The first-order valence-corrected chi connectivity index (χ1v) is 9.88. The van der Waals surface area contributed by atoms with E-state index in [4.69, 9.17) is 9.47 Å². The fraction of sp³-hybridized carbons (Fsp3) is 0.471. The minimum absolute atomic E-state index is 0.00186. The summed E-state index contributed by atoms with van der Waals surface area (Å²) >= 11 is 2.87. The van der Waals surface area contributed by atoms with Crippen LogP contribution in [0.15, 0.2) is 28.6 Å². The first-order chi connectivity index (χ1) is 12.0. The number of rotatable bonds is 5. The average Bonchev–Trinajstić information content (AvgIpc) is 3.00. The van der Waals surface area contributed by atoms with Crippen molar-refractivity contribution in [1.82, 2.24) is 9.88 Å². The molecule has 2 aromatic rings. The highest BCUT2D eigenvalue weighted by Crippen LogP contribution is 2.29. The Morgan fingerprint density at radius 2 is 2.04 bits per heavy atom. The van der Waals surface area contributed by atoms with Gasteiger partial charge in [0.1, 0.15) is 0 Å². The normalized spacial score (nSPS) is 20.6. The smallest absolute Gasteiger partial charge is 0.316 e. The molecule has 3 rings (SSSR count). The van der Waals surface area contributed by atoms with E-state index in [1.165, 1.54) is 11.8 Å². The van der Waals surface area contributed by atoms with Gasteiger partial charge in [-0.3, -0.25) is 9.59 Å². The molecule has 1 aromatic heterocycles. The lowest BCUT2D eigenvalue weighted by atomic mass is 10.2. The van der Waals surface area contributed by atoms with Gasteiger partial charge in [0, 0.05) is 13.1 Å². The molecule has 2 heterocycles. The lowest BCUT2D eigenvalue weighted by Gasteiger charge is -2.35. The van der Waals surface area contributed by atoms with Gasteiger partial charge in [-0.1, -0.05) is 23.9 Å². The van der Waals surface area contributed by atoms with Gasteiger partial charge >= 0.3 is 5.97 Å². The van der Waals surface area contributed by atoms with Gasteiger partial charge in [0.2, 0.25) is 0 Å². The number of morpholine rings is 1. The van der Waals surface area contributed by atoms with Crippen LogP contribution in [-0.4, -0.2) is 59.4 Å². The van der Waals surface area contributed by atoms with Gasteiger partial charge in [-0.15, -0.1) is 11.3 Å². The standard InChI is InChI=1S/C17H20N2O4S2/c1-11-7-19(8-12(2)23-11)15(20)9-22-16(21)10-24-17-18-13-5-3-4-6-14(13)25-17/h3-6,11-12H,7-10H2,1-2H3/t11-,12-/m1/s1. The number of amides is 1. The second-order valence-electron chi connectivity index (χ2n) is 5.95. The summed E-state index contributed by atoms with van der Waals surface area (Å²) in [6, 6.07) is 7.83. The van der Waals surface area contributed by atoms with E-state index in [-0.39, 0.29) is 30.5 Å². The van der Waals surface area contributed by atoms with Gasteiger partial charge in [-0.2, -0.15) is 0 Å². The predicted octanol–water partition coefficient (Wildman–Crippen LogP) is 2.57. The summed E-state index contributed by atoms with van der Waals surface area (Å²) in [5, 5.41) is 0. The zero-order valence-corrected chi connectivity index (χ0v) is 15.8. The molecule has 0 aliphatic carbocycles. The second-order valence-corrected chi connectivity index (χ2v) is 8.21. The highest BCUT2D eigenvalue weighted by atomic mass is 32.2. The van der Waals surface area contributed by atoms with Crippen LogP contribution in [0.25, 0.3) is 10.2 Å². The molecule has 25 heavy (non-hydrogen) atoms. The van der Waals surface area contributed by atoms with Crippen molar-refractivity contribution in [3.8, 4) is 0 Å². The summed E-state index contributed by atoms with van der Waals surface area (Å²) in [5.74, 6) is -0.449. The number of nitrogens with zero attached hydrogens (tertiary/aromatic N) is 2. The Labute approximate surface area is 154 Å². The Bertz CT molecular complexity index is 721. The van der Waals surface area contributed by atoms with Crippen LogP contribution in [0.5, 0.6) is 0 Å². The highest BCUT2D eigenvalue weighted by molar-refractivity contribution is 8.01. The zero-order valence-electron chi connectivity index (χ0n) is 14.1. The Morgan fingerprint density at radius 1 is 1.32 bits per heavy atom. The van der Waals surface area contributed by atoms with Crippen molar-refractivity contribution in [2.75, 3.05) is 25.4 Å². The molecule has 0 bridgehead atoms. The number of fused-ring (bicyclic) bond motifs is 1. The van der Waals surface area contributed by atoms with E-state index < -0.39 is 5.97 Å². The Hall–Kier alpha value is -1.64. The molecule has 6 nitrogen and oxygen atoms in total. The predicted molar refractivity (Wildman–Crippen MR) is 97.9 cm³/mol. The maximum atomic E-state index is 12.2. The number of carbonyl (C=O) groups excluding carboxylic acids is 2. The molecular weight excluding hydrogens is 360 g/mol. The van der Waals surface area contributed by atoms with Crippen LogP contribution >= 0.6 is 23.1 Å². The van der Waals surface area contributed by atoms with Crippen LogP contribution in [0.2, 0.25) is 0 Å². The third-order valence-corrected chi connectivity index (χ3v) is 5.87. The zero-order chi connectivity index (χ0) is 17.8. The number of aromatic nitrogens is 1. The van der Waals surface area contributed by atoms with E-state index in [0.717, 1.165) is 14.6 Å². The average molecular weight is 380 g/mol. The van der Waals surface area contributed by atoms with Crippen molar-refractivity contribution in [2.24, 2.45) is 0 Å². The molecular formula is C17H20N2O4S2. The van der Waals surface area contributed by atoms with Gasteiger partial charge in [-0.05, 0) is 26.0 Å². The molecule has 1 aromatic carbocycles. The molecule has 1 amide bonds. The number of hydrogen-bond acceptors (Lipinski definition) is 7. The summed E-state index contributed by atoms with van der Waals surface area (Å²) < 4.78 is 12.6. The molecule has 1 saturated heterocycles. The summed E-state index contributed by atoms with van der Waals surface area (Å²) in [4.78, 5) is 30.2. The second kappa shape index (κ2) is 8.16. The summed E-state index contributed by atoms with van der Waals surface area (Å²) in [6.45, 7) is 4.69. The van der Waals surface area contributed by atoms with Crippen molar-refractivity contribution in [3.63, 3.8) is 0 Å². The maximum absolute atomic E-state index is 12.2. The van der Waals surface area contributed by atoms with Gasteiger partial charge in [-0.25, -0.2) is 4.98 Å². The van der Waals surface area contributed by atoms with Gasteiger partial charge in [0.25, 0.3) is 5.91 Å². The van der Waals surface area contributed by atoms with Crippen LogP contribution in [0.4, 0.5) is 0 Å². The highest BCUT2D eigenvalue weighted by Gasteiger charge is 2.26. The number of benzene rings is 1. The Balaban J connectivity index is 1.44. The van der Waals surface area contributed by atoms with Crippen molar-refractivity contribution < 1.29 is 19.1 Å². The number of thiazole rings is 1. The SMILES string of the molecule is C[C@@H]1CN(C(=O)COC(=O)CSc2nc3ccccc3s2)C[C@@H](C)O1. The number of para-hydroxylation sites is 1. The van der Waals surface area contributed by atoms with Gasteiger partial charge in [0.15, 0.2) is 10.9 Å². The molecule has 1 aliphatic rings. The fourth-order valence-electron chi connectivity index (χ4n) is 2.69. The van der Waals surface area contributed by atoms with E-state index in [1.807, 2.05) is 38.1 Å². The number of esters is 1. The molecule has 134 valence electrons. The number of ether oxygens (including phenoxy) is 2. The van der Waals surface area contributed by atoms with E-state index in [0.29, 0.717) is 13.1 Å². The van der Waals surface area contributed by atoms with Crippen LogP contribution in [0.3, 0.4) is 0 Å². The fourth-order valence-corrected chi connectivity index (χ4v) is 4.56. The number of carbonyl (C=O) groups is 2. The third-order valence-electron chi connectivity index (χ3n) is 3.72. The summed E-state index contributed by atoms with van der Waals surface area (Å²) in [5.41, 5.74) is 0.925. The number of hydrogen-bond donors (Lipinski definition) is 0. The molecule has 1 aliphatic heterocycles. The van der Waals surface area contributed by atoms with Crippen molar-refractivity contribution in [2.45, 2.75) is 30.4 Å². The lowest BCUT2D eigenvalue weighted by molar-refractivity contribution is -0.155. The largest absolute Gasteiger partial charge is 0.455 e. The minimum atomic E-state index is -0.410. The molecule has 0 radical (unpaired) electrons. The van der Waals surface area contributed by atoms with Crippen LogP contribution < -0.4 is 0 Å². The van der Waals surface area contributed by atoms with E-state index >= 15 is 0 Å². The van der Waals surface area contributed by atoms with E-state index in [2.05, 4.69) is 4.98 Å². The quantitative estimate of drug-likeness (QED) is 0.587. The molecule has 1 fully saturated rings.